The van der Waals surface area contributed by atoms with Gasteiger partial charge in [0.1, 0.15) is 5.82 Å². The van der Waals surface area contributed by atoms with Crippen molar-refractivity contribution in [3.8, 4) is 11.8 Å². The molecule has 0 aliphatic rings. The number of sulfonamides is 1. The van der Waals surface area contributed by atoms with Crippen molar-refractivity contribution >= 4 is 10.0 Å². The Hall–Kier alpha value is -1.46. The van der Waals surface area contributed by atoms with Gasteiger partial charge in [-0.05, 0) is 18.2 Å². The van der Waals surface area contributed by atoms with Crippen LogP contribution < -0.4 is 10.6 Å². The van der Waals surface area contributed by atoms with E-state index >= 15 is 0 Å². The van der Waals surface area contributed by atoms with Crippen molar-refractivity contribution in [1.82, 2.24) is 9.84 Å². The Morgan fingerprint density at radius 2 is 2.11 bits per heavy atom. The van der Waals surface area contributed by atoms with Gasteiger partial charge < -0.3 is 5.73 Å². The predicted octanol–water partition coefficient (Wildman–Crippen LogP) is -0.109. The van der Waals surface area contributed by atoms with Crippen molar-refractivity contribution < 1.29 is 12.8 Å². The molecule has 98 valence electrons. The summed E-state index contributed by atoms with van der Waals surface area (Å²) in [5.74, 6) is 4.49. The standard InChI is InChI=1S/C11H14FN3O2S/c1-15(2)14-18(16,17)11-6-5-10(12)8-9(11)4-3-7-13/h5-6,8,14H,7,13H2,1-2H3. The number of nitrogens with zero attached hydrogens (tertiary/aromatic N) is 1. The van der Waals surface area contributed by atoms with Crippen LogP contribution in [0, 0.1) is 17.7 Å². The Kier molecular flexibility index (Phi) is 4.81. The molecule has 0 spiro atoms. The van der Waals surface area contributed by atoms with Crippen molar-refractivity contribution in [2.75, 3.05) is 20.6 Å². The zero-order valence-corrected chi connectivity index (χ0v) is 10.9. The first-order valence-electron chi connectivity index (χ1n) is 5.05. The fourth-order valence-electron chi connectivity index (χ4n) is 1.27. The van der Waals surface area contributed by atoms with Gasteiger partial charge in [0.25, 0.3) is 10.0 Å². The minimum absolute atomic E-state index is 0.0666. The van der Waals surface area contributed by atoms with Gasteiger partial charge in [0, 0.05) is 19.7 Å². The molecular formula is C11H14FN3O2S. The van der Waals surface area contributed by atoms with Crippen molar-refractivity contribution in [2.45, 2.75) is 4.90 Å². The molecule has 0 aliphatic carbocycles. The van der Waals surface area contributed by atoms with Gasteiger partial charge in [-0.25, -0.2) is 17.8 Å². The Balaban J connectivity index is 3.32. The summed E-state index contributed by atoms with van der Waals surface area (Å²) in [6, 6.07) is 3.30. The maximum Gasteiger partial charge on any atom is 0.254 e. The van der Waals surface area contributed by atoms with Crippen LogP contribution in [-0.2, 0) is 10.0 Å². The third-order valence-electron chi connectivity index (χ3n) is 1.86. The second-order valence-electron chi connectivity index (χ2n) is 3.64. The minimum atomic E-state index is -3.77. The molecule has 0 saturated heterocycles. The summed E-state index contributed by atoms with van der Waals surface area (Å²) in [4.78, 5) is 2.17. The van der Waals surface area contributed by atoms with Crippen LogP contribution in [0.4, 0.5) is 4.39 Å². The van der Waals surface area contributed by atoms with Gasteiger partial charge in [-0.2, -0.15) is 0 Å². The van der Waals surface area contributed by atoms with E-state index in [2.05, 4.69) is 16.7 Å². The van der Waals surface area contributed by atoms with Crippen LogP contribution in [0.2, 0.25) is 0 Å². The molecule has 0 amide bonds. The quantitative estimate of drug-likeness (QED) is 0.594. The molecule has 1 aromatic carbocycles. The molecule has 0 aliphatic heterocycles. The van der Waals surface area contributed by atoms with Gasteiger partial charge in [0.2, 0.25) is 0 Å². The first-order valence-corrected chi connectivity index (χ1v) is 6.53. The molecule has 0 heterocycles. The van der Waals surface area contributed by atoms with Crippen LogP contribution in [0.1, 0.15) is 5.56 Å². The molecule has 7 heteroatoms. The van der Waals surface area contributed by atoms with Crippen molar-refractivity contribution in [2.24, 2.45) is 5.73 Å². The third kappa shape index (κ3) is 3.78. The molecule has 0 atom stereocenters. The number of rotatable bonds is 3. The highest BCUT2D eigenvalue weighted by molar-refractivity contribution is 7.89. The Labute approximate surface area is 106 Å². The summed E-state index contributed by atoms with van der Waals surface area (Å²) in [5.41, 5.74) is 5.29. The predicted molar refractivity (Wildman–Crippen MR) is 66.3 cm³/mol. The summed E-state index contributed by atoms with van der Waals surface area (Å²) in [7, 11) is -0.703. The lowest BCUT2D eigenvalue weighted by atomic mass is 10.2. The fraction of sp³-hybridized carbons (Fsp3) is 0.273. The lowest BCUT2D eigenvalue weighted by Gasteiger charge is -2.13. The Morgan fingerprint density at radius 1 is 1.44 bits per heavy atom. The largest absolute Gasteiger partial charge is 0.320 e. The molecule has 1 rings (SSSR count). The van der Waals surface area contributed by atoms with Crippen LogP contribution in [0.5, 0.6) is 0 Å². The summed E-state index contributed by atoms with van der Waals surface area (Å²) >= 11 is 0. The molecule has 0 unspecified atom stereocenters. The van der Waals surface area contributed by atoms with Gasteiger partial charge in [-0.1, -0.05) is 11.8 Å². The average molecular weight is 271 g/mol. The smallest absolute Gasteiger partial charge is 0.254 e. The van der Waals surface area contributed by atoms with E-state index in [1.54, 1.807) is 0 Å². The maximum atomic E-state index is 13.1. The number of benzene rings is 1. The summed E-state index contributed by atoms with van der Waals surface area (Å²) in [5, 5.41) is 1.28. The monoisotopic (exact) mass is 271 g/mol. The van der Waals surface area contributed by atoms with E-state index in [0.29, 0.717) is 0 Å². The number of halogens is 1. The van der Waals surface area contributed by atoms with E-state index in [1.807, 2.05) is 0 Å². The fourth-order valence-corrected chi connectivity index (χ4v) is 2.50. The number of nitrogens with two attached hydrogens (primary N) is 1. The first kappa shape index (κ1) is 14.6. The van der Waals surface area contributed by atoms with Gasteiger partial charge >= 0.3 is 0 Å². The third-order valence-corrected chi connectivity index (χ3v) is 3.40. The summed E-state index contributed by atoms with van der Waals surface area (Å²) in [6.45, 7) is 0.0666. The van der Waals surface area contributed by atoms with E-state index < -0.39 is 15.8 Å². The second kappa shape index (κ2) is 5.93. The van der Waals surface area contributed by atoms with Gasteiger partial charge in [0.15, 0.2) is 0 Å². The van der Waals surface area contributed by atoms with Gasteiger partial charge in [0.05, 0.1) is 11.4 Å². The molecule has 0 fully saturated rings. The molecule has 0 bridgehead atoms. The molecule has 1 aromatic rings. The highest BCUT2D eigenvalue weighted by atomic mass is 32.2. The number of hydrogen-bond donors (Lipinski definition) is 2. The van der Waals surface area contributed by atoms with Crippen LogP contribution in [0.15, 0.2) is 23.1 Å². The normalized spacial score (nSPS) is 11.2. The van der Waals surface area contributed by atoms with Crippen molar-refractivity contribution in [3.63, 3.8) is 0 Å². The van der Waals surface area contributed by atoms with E-state index in [9.17, 15) is 12.8 Å². The SMILES string of the molecule is CN(C)NS(=O)(=O)c1ccc(F)cc1C#CCN. The first-order chi connectivity index (χ1) is 8.36. The molecule has 18 heavy (non-hydrogen) atoms. The zero-order chi connectivity index (χ0) is 13.8. The number of nitrogens with one attached hydrogen (secondary N) is 1. The Bertz CT molecular complexity index is 588. The molecule has 0 saturated carbocycles. The molecule has 0 aromatic heterocycles. The van der Waals surface area contributed by atoms with E-state index in [-0.39, 0.29) is 17.0 Å². The van der Waals surface area contributed by atoms with Gasteiger partial charge in [-0.3, -0.25) is 0 Å². The van der Waals surface area contributed by atoms with Crippen molar-refractivity contribution in [3.05, 3.63) is 29.6 Å². The molecular weight excluding hydrogens is 257 g/mol. The molecule has 5 nitrogen and oxygen atoms in total. The minimum Gasteiger partial charge on any atom is -0.320 e. The summed E-state index contributed by atoms with van der Waals surface area (Å²) < 4.78 is 37.0. The summed E-state index contributed by atoms with van der Waals surface area (Å²) in [6.07, 6.45) is 0. The second-order valence-corrected chi connectivity index (χ2v) is 5.26. The lowest BCUT2D eigenvalue weighted by molar-refractivity contribution is 0.364. The molecule has 0 radical (unpaired) electrons. The highest BCUT2D eigenvalue weighted by Crippen LogP contribution is 2.16. The van der Waals surface area contributed by atoms with Crippen LogP contribution in [0.25, 0.3) is 0 Å². The zero-order valence-electron chi connectivity index (χ0n) is 10.1. The van der Waals surface area contributed by atoms with Crippen LogP contribution in [-0.4, -0.2) is 34.1 Å². The number of hydrazine groups is 1. The lowest BCUT2D eigenvalue weighted by Crippen LogP contribution is -2.36. The topological polar surface area (TPSA) is 75.4 Å². The average Bonchev–Trinajstić information content (AvgIpc) is 2.24. The highest BCUT2D eigenvalue weighted by Gasteiger charge is 2.18. The van der Waals surface area contributed by atoms with E-state index in [1.165, 1.54) is 25.2 Å². The van der Waals surface area contributed by atoms with E-state index in [4.69, 9.17) is 5.73 Å². The van der Waals surface area contributed by atoms with Crippen LogP contribution >= 0.6 is 0 Å². The maximum absolute atomic E-state index is 13.1. The van der Waals surface area contributed by atoms with Crippen molar-refractivity contribution in [1.29, 1.82) is 0 Å². The van der Waals surface area contributed by atoms with E-state index in [0.717, 1.165) is 12.1 Å². The number of hydrogen-bond acceptors (Lipinski definition) is 4. The molecule has 3 N–H and O–H groups in total. The Morgan fingerprint density at radius 3 is 2.67 bits per heavy atom. The van der Waals surface area contributed by atoms with Crippen LogP contribution in [0.3, 0.4) is 0 Å². The van der Waals surface area contributed by atoms with Gasteiger partial charge in [-0.15, -0.1) is 4.83 Å².